The van der Waals surface area contributed by atoms with Crippen LogP contribution in [0.25, 0.3) is 0 Å². The molecule has 0 radical (unpaired) electrons. The van der Waals surface area contributed by atoms with Gasteiger partial charge in [0, 0.05) is 37.5 Å². The van der Waals surface area contributed by atoms with Crippen LogP contribution in [-0.4, -0.2) is 61.5 Å². The van der Waals surface area contributed by atoms with Crippen LogP contribution in [0.3, 0.4) is 0 Å². The maximum atomic E-state index is 12.4. The summed E-state index contributed by atoms with van der Waals surface area (Å²) in [6, 6.07) is 7.38. The summed E-state index contributed by atoms with van der Waals surface area (Å²) in [5, 5.41) is 6.87. The SMILES string of the molecule is O=C(c1ccc(NC(=S)NCC2CCCO2)cc1)N1CCOCC1. The molecule has 1 aromatic rings. The molecule has 1 atom stereocenters. The molecular formula is C17H23N3O3S. The Labute approximate surface area is 147 Å². The van der Waals surface area contributed by atoms with E-state index in [2.05, 4.69) is 10.6 Å². The monoisotopic (exact) mass is 349 g/mol. The molecule has 2 N–H and O–H groups in total. The van der Waals surface area contributed by atoms with Gasteiger partial charge >= 0.3 is 0 Å². The second-order valence-corrected chi connectivity index (χ2v) is 6.36. The number of rotatable bonds is 4. The smallest absolute Gasteiger partial charge is 0.254 e. The van der Waals surface area contributed by atoms with Crippen molar-refractivity contribution in [2.75, 3.05) is 44.8 Å². The van der Waals surface area contributed by atoms with Crippen LogP contribution in [0.4, 0.5) is 5.69 Å². The zero-order chi connectivity index (χ0) is 16.8. The van der Waals surface area contributed by atoms with E-state index in [1.54, 1.807) is 0 Å². The normalized spacial score (nSPS) is 20.7. The number of hydrogen-bond donors (Lipinski definition) is 2. The molecule has 0 aromatic heterocycles. The van der Waals surface area contributed by atoms with Crippen LogP contribution in [0.15, 0.2) is 24.3 Å². The van der Waals surface area contributed by atoms with E-state index in [-0.39, 0.29) is 12.0 Å². The predicted octanol–water partition coefficient (Wildman–Crippen LogP) is 1.62. The molecule has 1 unspecified atom stereocenters. The van der Waals surface area contributed by atoms with Gasteiger partial charge < -0.3 is 25.0 Å². The minimum absolute atomic E-state index is 0.0453. The van der Waals surface area contributed by atoms with Gasteiger partial charge in [0.1, 0.15) is 0 Å². The molecule has 7 heteroatoms. The fraction of sp³-hybridized carbons (Fsp3) is 0.529. The molecule has 24 heavy (non-hydrogen) atoms. The third-order valence-electron chi connectivity index (χ3n) is 4.20. The largest absolute Gasteiger partial charge is 0.378 e. The molecule has 3 rings (SSSR count). The number of anilines is 1. The fourth-order valence-corrected chi connectivity index (χ4v) is 3.03. The Balaban J connectivity index is 1.48. The number of morpholine rings is 1. The molecule has 6 nitrogen and oxygen atoms in total. The Morgan fingerprint density at radius 2 is 1.96 bits per heavy atom. The molecule has 2 aliphatic rings. The predicted molar refractivity (Wildman–Crippen MR) is 96.4 cm³/mol. The summed E-state index contributed by atoms with van der Waals surface area (Å²) >= 11 is 5.29. The topological polar surface area (TPSA) is 62.8 Å². The summed E-state index contributed by atoms with van der Waals surface area (Å²) in [6.45, 7) is 4.07. The summed E-state index contributed by atoms with van der Waals surface area (Å²) in [5.41, 5.74) is 1.54. The van der Waals surface area contributed by atoms with Crippen molar-refractivity contribution in [1.29, 1.82) is 0 Å². The van der Waals surface area contributed by atoms with Crippen molar-refractivity contribution < 1.29 is 14.3 Å². The highest BCUT2D eigenvalue weighted by molar-refractivity contribution is 7.80. The van der Waals surface area contributed by atoms with E-state index >= 15 is 0 Å². The van der Waals surface area contributed by atoms with Crippen molar-refractivity contribution in [2.45, 2.75) is 18.9 Å². The van der Waals surface area contributed by atoms with Gasteiger partial charge in [0.05, 0.1) is 19.3 Å². The van der Waals surface area contributed by atoms with Gasteiger partial charge in [0.2, 0.25) is 0 Å². The number of nitrogens with one attached hydrogen (secondary N) is 2. The first kappa shape index (κ1) is 17.1. The summed E-state index contributed by atoms with van der Waals surface area (Å²) < 4.78 is 10.8. The second-order valence-electron chi connectivity index (χ2n) is 5.95. The average molecular weight is 349 g/mol. The van der Waals surface area contributed by atoms with E-state index < -0.39 is 0 Å². The molecule has 0 saturated carbocycles. The molecule has 1 amide bonds. The maximum absolute atomic E-state index is 12.4. The highest BCUT2D eigenvalue weighted by Gasteiger charge is 2.18. The highest BCUT2D eigenvalue weighted by Crippen LogP contribution is 2.13. The van der Waals surface area contributed by atoms with Gasteiger partial charge in [-0.15, -0.1) is 0 Å². The first-order valence-corrected chi connectivity index (χ1v) is 8.77. The van der Waals surface area contributed by atoms with Crippen molar-refractivity contribution in [1.82, 2.24) is 10.2 Å². The Morgan fingerprint density at radius 3 is 2.62 bits per heavy atom. The van der Waals surface area contributed by atoms with Gasteiger partial charge in [-0.1, -0.05) is 0 Å². The number of thiocarbonyl (C=S) groups is 1. The van der Waals surface area contributed by atoms with Crippen LogP contribution < -0.4 is 10.6 Å². The summed E-state index contributed by atoms with van der Waals surface area (Å²) in [7, 11) is 0. The van der Waals surface area contributed by atoms with Crippen molar-refractivity contribution in [3.05, 3.63) is 29.8 Å². The molecule has 2 aliphatic heterocycles. The quantitative estimate of drug-likeness (QED) is 0.806. The molecule has 130 valence electrons. The first-order chi connectivity index (χ1) is 11.7. The number of benzene rings is 1. The minimum Gasteiger partial charge on any atom is -0.378 e. The van der Waals surface area contributed by atoms with Gasteiger partial charge in [0.15, 0.2) is 5.11 Å². The van der Waals surface area contributed by atoms with E-state index in [0.29, 0.717) is 37.0 Å². The number of carbonyl (C=O) groups excluding carboxylic acids is 1. The fourth-order valence-electron chi connectivity index (χ4n) is 2.83. The van der Waals surface area contributed by atoms with Crippen molar-refractivity contribution in [3.8, 4) is 0 Å². The lowest BCUT2D eigenvalue weighted by molar-refractivity contribution is 0.0303. The number of carbonyl (C=O) groups is 1. The van der Waals surface area contributed by atoms with E-state index in [0.717, 1.165) is 31.7 Å². The number of ether oxygens (including phenoxy) is 2. The number of hydrogen-bond acceptors (Lipinski definition) is 4. The van der Waals surface area contributed by atoms with E-state index in [9.17, 15) is 4.79 Å². The molecular weight excluding hydrogens is 326 g/mol. The molecule has 2 fully saturated rings. The van der Waals surface area contributed by atoms with Crippen molar-refractivity contribution >= 4 is 28.9 Å². The number of nitrogens with zero attached hydrogens (tertiary/aromatic N) is 1. The molecule has 0 aliphatic carbocycles. The highest BCUT2D eigenvalue weighted by atomic mass is 32.1. The third kappa shape index (κ3) is 4.66. The van der Waals surface area contributed by atoms with E-state index in [4.69, 9.17) is 21.7 Å². The summed E-state index contributed by atoms with van der Waals surface area (Å²) in [5.74, 6) is 0.0453. The average Bonchev–Trinajstić information content (AvgIpc) is 3.14. The Kier molecular flexibility index (Phi) is 6.01. The molecule has 1 aromatic carbocycles. The van der Waals surface area contributed by atoms with Gasteiger partial charge in [-0.2, -0.15) is 0 Å². The van der Waals surface area contributed by atoms with Gasteiger partial charge in [-0.05, 0) is 49.3 Å². The van der Waals surface area contributed by atoms with E-state index in [1.807, 2.05) is 29.2 Å². The van der Waals surface area contributed by atoms with Gasteiger partial charge in [-0.25, -0.2) is 0 Å². The second kappa shape index (κ2) is 8.41. The minimum atomic E-state index is 0.0453. The van der Waals surface area contributed by atoms with Crippen molar-refractivity contribution in [3.63, 3.8) is 0 Å². The van der Waals surface area contributed by atoms with Crippen LogP contribution in [0, 0.1) is 0 Å². The standard InChI is InChI=1S/C17H23N3O3S/c21-16(20-7-10-22-11-8-20)13-3-5-14(6-4-13)19-17(24)18-12-15-2-1-9-23-15/h3-6,15H,1-2,7-12H2,(H2,18,19,24). The van der Waals surface area contributed by atoms with Crippen LogP contribution in [0.5, 0.6) is 0 Å². The first-order valence-electron chi connectivity index (χ1n) is 8.36. The summed E-state index contributed by atoms with van der Waals surface area (Å²) in [4.78, 5) is 14.2. The maximum Gasteiger partial charge on any atom is 0.254 e. The van der Waals surface area contributed by atoms with Crippen molar-refractivity contribution in [2.24, 2.45) is 0 Å². The molecule has 2 saturated heterocycles. The van der Waals surface area contributed by atoms with Crippen LogP contribution >= 0.6 is 12.2 Å². The van der Waals surface area contributed by atoms with Gasteiger partial charge in [-0.3, -0.25) is 4.79 Å². The summed E-state index contributed by atoms with van der Waals surface area (Å²) in [6.07, 6.45) is 2.44. The van der Waals surface area contributed by atoms with E-state index in [1.165, 1.54) is 0 Å². The Morgan fingerprint density at radius 1 is 1.21 bits per heavy atom. The lowest BCUT2D eigenvalue weighted by Gasteiger charge is -2.26. The Bertz CT molecular complexity index is 567. The number of amides is 1. The lowest BCUT2D eigenvalue weighted by Crippen LogP contribution is -2.40. The van der Waals surface area contributed by atoms with Crippen LogP contribution in [0.2, 0.25) is 0 Å². The zero-order valence-corrected chi connectivity index (χ0v) is 14.4. The molecule has 0 spiro atoms. The Hall–Kier alpha value is -1.70. The third-order valence-corrected chi connectivity index (χ3v) is 4.45. The zero-order valence-electron chi connectivity index (χ0n) is 13.6. The molecule has 0 bridgehead atoms. The molecule has 2 heterocycles. The van der Waals surface area contributed by atoms with Crippen LogP contribution in [-0.2, 0) is 9.47 Å². The lowest BCUT2D eigenvalue weighted by atomic mass is 10.1. The van der Waals surface area contributed by atoms with Crippen LogP contribution in [0.1, 0.15) is 23.2 Å². The van der Waals surface area contributed by atoms with Gasteiger partial charge in [0.25, 0.3) is 5.91 Å².